The van der Waals surface area contributed by atoms with E-state index in [1.54, 1.807) is 17.2 Å². The Morgan fingerprint density at radius 2 is 2.35 bits per heavy atom. The lowest BCUT2D eigenvalue weighted by Crippen LogP contribution is -2.50. The third-order valence-electron chi connectivity index (χ3n) is 4.14. The molecule has 1 aliphatic heterocycles. The van der Waals surface area contributed by atoms with Gasteiger partial charge in [0.25, 0.3) is 0 Å². The molecule has 142 valence electrons. The molecule has 0 spiro atoms. The fraction of sp³-hybridized carbons (Fsp3) is 0.579. The second-order valence-electron chi connectivity index (χ2n) is 6.66. The summed E-state index contributed by atoms with van der Waals surface area (Å²) in [6.07, 6.45) is 5.30. The number of nitrogens with zero attached hydrogens (tertiary/aromatic N) is 2. The molecule has 1 unspecified atom stereocenters. The van der Waals surface area contributed by atoms with Gasteiger partial charge < -0.3 is 20.7 Å². The molecule has 2 rings (SSSR count). The Bertz CT molecular complexity index is 669. The number of rotatable bonds is 6. The summed E-state index contributed by atoms with van der Waals surface area (Å²) in [5.41, 5.74) is 7.18. The maximum absolute atomic E-state index is 11.4. The highest BCUT2D eigenvalue weighted by Gasteiger charge is 2.24. The number of halogens is 1. The number of amides is 2. The molecule has 0 radical (unpaired) electrons. The molecule has 0 saturated carbocycles. The van der Waals surface area contributed by atoms with E-state index < -0.39 is 0 Å². The predicted octanol–water partition coefficient (Wildman–Crippen LogP) is 3.25. The molecule has 6 nitrogen and oxygen atoms in total. The standard InChI is InChI=1S/C19H27ClN4O2/c1-14(2)23-17-11-18(20)22-12-15(17)7-5-3-4-6-8-16-13-26-10-9-24(16)19(21)25/h11-12,14,16H,3-4,6,8-10,13H2,1-2H3,(H2,21,25)(H,22,23). The Morgan fingerprint density at radius 3 is 3.08 bits per heavy atom. The maximum Gasteiger partial charge on any atom is 0.315 e. The highest BCUT2D eigenvalue weighted by molar-refractivity contribution is 6.29. The van der Waals surface area contributed by atoms with Crippen molar-refractivity contribution in [3.8, 4) is 11.8 Å². The highest BCUT2D eigenvalue weighted by Crippen LogP contribution is 2.19. The number of ether oxygens (including phenoxy) is 1. The van der Waals surface area contributed by atoms with Crippen molar-refractivity contribution >= 4 is 23.3 Å². The minimum absolute atomic E-state index is 0.0801. The molecule has 1 aliphatic rings. The van der Waals surface area contributed by atoms with E-state index >= 15 is 0 Å². The molecule has 1 fully saturated rings. The van der Waals surface area contributed by atoms with Gasteiger partial charge in [0.15, 0.2) is 0 Å². The van der Waals surface area contributed by atoms with Gasteiger partial charge in [-0.2, -0.15) is 0 Å². The predicted molar refractivity (Wildman–Crippen MR) is 104 cm³/mol. The number of carbonyl (C=O) groups excluding carboxylic acids is 1. The molecule has 2 heterocycles. The Balaban J connectivity index is 1.81. The molecule has 0 aliphatic carbocycles. The first-order chi connectivity index (χ1) is 12.5. The number of aromatic nitrogens is 1. The van der Waals surface area contributed by atoms with Crippen LogP contribution in [0.2, 0.25) is 5.15 Å². The van der Waals surface area contributed by atoms with E-state index in [1.165, 1.54) is 0 Å². The van der Waals surface area contributed by atoms with Crippen LogP contribution in [-0.2, 0) is 4.74 Å². The molecule has 3 N–H and O–H groups in total. The topological polar surface area (TPSA) is 80.5 Å². The van der Waals surface area contributed by atoms with Gasteiger partial charge in [0, 0.05) is 25.2 Å². The summed E-state index contributed by atoms with van der Waals surface area (Å²) in [6, 6.07) is 1.81. The minimum atomic E-state index is -0.362. The number of urea groups is 1. The van der Waals surface area contributed by atoms with Gasteiger partial charge >= 0.3 is 6.03 Å². The lowest BCUT2D eigenvalue weighted by atomic mass is 10.1. The number of pyridine rings is 1. The Labute approximate surface area is 160 Å². The van der Waals surface area contributed by atoms with E-state index in [4.69, 9.17) is 22.1 Å². The SMILES string of the molecule is CC(C)Nc1cc(Cl)ncc1C#CCCCCC1COCCN1C(N)=O. The number of nitrogens with two attached hydrogens (primary N) is 1. The lowest BCUT2D eigenvalue weighted by Gasteiger charge is -2.34. The number of hydrogen-bond acceptors (Lipinski definition) is 4. The van der Waals surface area contributed by atoms with Crippen molar-refractivity contribution in [1.82, 2.24) is 9.88 Å². The van der Waals surface area contributed by atoms with Crippen LogP contribution in [0.4, 0.5) is 10.5 Å². The first-order valence-corrected chi connectivity index (χ1v) is 9.40. The molecule has 0 bridgehead atoms. The van der Waals surface area contributed by atoms with Crippen molar-refractivity contribution in [2.24, 2.45) is 5.73 Å². The largest absolute Gasteiger partial charge is 0.382 e. The molecule has 0 aromatic carbocycles. The minimum Gasteiger partial charge on any atom is -0.382 e. The number of hydrogen-bond donors (Lipinski definition) is 2. The monoisotopic (exact) mass is 378 g/mol. The molecule has 1 aromatic heterocycles. The zero-order valence-corrected chi connectivity index (χ0v) is 16.2. The molecule has 7 heteroatoms. The number of morpholine rings is 1. The third kappa shape index (κ3) is 6.40. The van der Waals surface area contributed by atoms with Crippen molar-refractivity contribution in [3.05, 3.63) is 23.0 Å². The summed E-state index contributed by atoms with van der Waals surface area (Å²) < 4.78 is 5.45. The van der Waals surface area contributed by atoms with Gasteiger partial charge in [-0.3, -0.25) is 0 Å². The van der Waals surface area contributed by atoms with Crippen LogP contribution in [0.5, 0.6) is 0 Å². The van der Waals surface area contributed by atoms with Gasteiger partial charge in [0.05, 0.1) is 30.5 Å². The highest BCUT2D eigenvalue weighted by atomic mass is 35.5. The van der Waals surface area contributed by atoms with Gasteiger partial charge in [-0.05, 0) is 32.8 Å². The molecule has 1 saturated heterocycles. The quantitative estimate of drug-likeness (QED) is 0.452. The van der Waals surface area contributed by atoms with E-state index in [0.29, 0.717) is 31.0 Å². The summed E-state index contributed by atoms with van der Waals surface area (Å²) in [5.74, 6) is 6.37. The third-order valence-corrected chi connectivity index (χ3v) is 4.34. The fourth-order valence-electron chi connectivity index (χ4n) is 2.90. The molecular formula is C19H27ClN4O2. The number of nitrogens with one attached hydrogen (secondary N) is 1. The van der Waals surface area contributed by atoms with E-state index in [1.807, 2.05) is 0 Å². The molecule has 2 amide bonds. The van der Waals surface area contributed by atoms with Crippen LogP contribution in [0.25, 0.3) is 0 Å². The number of unbranched alkanes of at least 4 members (excludes halogenated alkanes) is 2. The Hall–Kier alpha value is -1.97. The molecule has 1 atom stereocenters. The van der Waals surface area contributed by atoms with Crippen LogP contribution in [0.15, 0.2) is 12.3 Å². The first kappa shape index (κ1) is 20.3. The number of carbonyl (C=O) groups is 1. The number of primary amides is 1. The summed E-state index contributed by atoms with van der Waals surface area (Å²) in [5, 5.41) is 3.79. The van der Waals surface area contributed by atoms with Gasteiger partial charge in [-0.15, -0.1) is 0 Å². The molecule has 1 aromatic rings. The van der Waals surface area contributed by atoms with Crippen molar-refractivity contribution in [1.29, 1.82) is 0 Å². The maximum atomic E-state index is 11.4. The Morgan fingerprint density at radius 1 is 1.54 bits per heavy atom. The van der Waals surface area contributed by atoms with E-state index in [0.717, 1.165) is 36.9 Å². The van der Waals surface area contributed by atoms with E-state index in [9.17, 15) is 4.79 Å². The summed E-state index contributed by atoms with van der Waals surface area (Å²) >= 11 is 5.96. The van der Waals surface area contributed by atoms with E-state index in [2.05, 4.69) is 36.0 Å². The van der Waals surface area contributed by atoms with Crippen LogP contribution in [0, 0.1) is 11.8 Å². The van der Waals surface area contributed by atoms with Crippen LogP contribution >= 0.6 is 11.6 Å². The normalized spacial score (nSPS) is 16.9. The van der Waals surface area contributed by atoms with Crippen molar-refractivity contribution < 1.29 is 9.53 Å². The summed E-state index contributed by atoms with van der Waals surface area (Å²) in [7, 11) is 0. The van der Waals surface area contributed by atoms with Gasteiger partial charge in [0.1, 0.15) is 5.15 Å². The van der Waals surface area contributed by atoms with Crippen molar-refractivity contribution in [2.45, 2.75) is 51.6 Å². The Kier molecular flexibility index (Phi) is 8.02. The molecular weight excluding hydrogens is 352 g/mol. The average Bonchev–Trinajstić information content (AvgIpc) is 2.59. The molecule has 26 heavy (non-hydrogen) atoms. The second kappa shape index (κ2) is 10.2. The van der Waals surface area contributed by atoms with Gasteiger partial charge in [-0.1, -0.05) is 29.9 Å². The fourth-order valence-corrected chi connectivity index (χ4v) is 3.05. The summed E-state index contributed by atoms with van der Waals surface area (Å²) in [6.45, 7) is 5.84. The van der Waals surface area contributed by atoms with Gasteiger partial charge in [0.2, 0.25) is 0 Å². The van der Waals surface area contributed by atoms with Crippen molar-refractivity contribution in [2.75, 3.05) is 25.1 Å². The van der Waals surface area contributed by atoms with Crippen LogP contribution in [0.3, 0.4) is 0 Å². The zero-order valence-electron chi connectivity index (χ0n) is 15.4. The van der Waals surface area contributed by atoms with Crippen LogP contribution in [0.1, 0.15) is 45.1 Å². The van der Waals surface area contributed by atoms with Crippen molar-refractivity contribution in [3.63, 3.8) is 0 Å². The zero-order chi connectivity index (χ0) is 18.9. The van der Waals surface area contributed by atoms with Gasteiger partial charge in [-0.25, -0.2) is 9.78 Å². The average molecular weight is 379 g/mol. The lowest BCUT2D eigenvalue weighted by molar-refractivity contribution is 0.0109. The summed E-state index contributed by atoms with van der Waals surface area (Å²) in [4.78, 5) is 17.3. The smallest absolute Gasteiger partial charge is 0.315 e. The van der Waals surface area contributed by atoms with Crippen LogP contribution in [-0.4, -0.2) is 47.8 Å². The van der Waals surface area contributed by atoms with E-state index in [-0.39, 0.29) is 12.1 Å². The van der Waals surface area contributed by atoms with Crippen LogP contribution < -0.4 is 11.1 Å². The first-order valence-electron chi connectivity index (χ1n) is 9.02. The number of anilines is 1. The second-order valence-corrected chi connectivity index (χ2v) is 7.05.